The van der Waals surface area contributed by atoms with Gasteiger partial charge in [0.15, 0.2) is 0 Å². The van der Waals surface area contributed by atoms with Crippen molar-refractivity contribution in [2.24, 2.45) is 17.8 Å². The molecular formula is C22H34O3. The molecular weight excluding hydrogens is 312 g/mol. The number of hydrogen-bond acceptors (Lipinski definition) is 3. The summed E-state index contributed by atoms with van der Waals surface area (Å²) in [6.45, 7) is 12.7. The summed E-state index contributed by atoms with van der Waals surface area (Å²) in [5.41, 5.74) is 4.46. The molecule has 0 aromatic heterocycles. The predicted octanol–water partition coefficient (Wildman–Crippen LogP) is 5.20. The van der Waals surface area contributed by atoms with Crippen LogP contribution in [-0.2, 0) is 14.3 Å². The summed E-state index contributed by atoms with van der Waals surface area (Å²) in [5, 5.41) is 0. The minimum absolute atomic E-state index is 0.00756. The van der Waals surface area contributed by atoms with Crippen molar-refractivity contribution in [2.75, 3.05) is 0 Å². The van der Waals surface area contributed by atoms with E-state index in [1.54, 1.807) is 6.92 Å². The lowest BCUT2D eigenvalue weighted by atomic mass is 9.76. The Labute approximate surface area is 152 Å². The SMILES string of the molecule is CC(=O)O[C@@H]1C([C@H](C)CCC2OC2(C)C)CCC(C)=C2CC=C(C)[C@H]21. The average Bonchev–Trinajstić information content (AvgIpc) is 2.99. The van der Waals surface area contributed by atoms with Gasteiger partial charge >= 0.3 is 5.97 Å². The number of carbonyl (C=O) groups is 1. The second kappa shape index (κ2) is 6.90. The summed E-state index contributed by atoms with van der Waals surface area (Å²) in [4.78, 5) is 11.9. The first-order valence-corrected chi connectivity index (χ1v) is 9.91. The third-order valence-electron chi connectivity index (χ3n) is 6.74. The van der Waals surface area contributed by atoms with Crippen LogP contribution in [0.2, 0.25) is 0 Å². The predicted molar refractivity (Wildman–Crippen MR) is 100 cm³/mol. The zero-order valence-electron chi connectivity index (χ0n) is 16.7. The average molecular weight is 347 g/mol. The number of allylic oxidation sites excluding steroid dienone is 2. The number of rotatable bonds is 5. The van der Waals surface area contributed by atoms with Gasteiger partial charge in [-0.25, -0.2) is 0 Å². The standard InChI is InChI=1S/C22H34O3/c1-13-7-11-18(14(2)9-12-19-22(5,6)25-19)21(24-16(4)23)20-15(3)8-10-17(13)20/h8,14,18-21H,7,9-12H2,1-6H3/t14-,18?,19?,20-,21-/m1/s1. The molecule has 1 heterocycles. The van der Waals surface area contributed by atoms with E-state index < -0.39 is 0 Å². The number of fused-ring (bicyclic) bond motifs is 1. The molecule has 0 N–H and O–H groups in total. The number of carbonyl (C=O) groups excluding carboxylic acids is 1. The normalized spacial score (nSPS) is 34.9. The van der Waals surface area contributed by atoms with Crippen LogP contribution in [0.4, 0.5) is 0 Å². The van der Waals surface area contributed by atoms with Gasteiger partial charge in [0.05, 0.1) is 11.7 Å². The summed E-state index contributed by atoms with van der Waals surface area (Å²) >= 11 is 0. The van der Waals surface area contributed by atoms with Gasteiger partial charge in [0.1, 0.15) is 6.10 Å². The van der Waals surface area contributed by atoms with Crippen molar-refractivity contribution in [1.82, 2.24) is 0 Å². The topological polar surface area (TPSA) is 38.8 Å². The van der Waals surface area contributed by atoms with Crippen LogP contribution in [0, 0.1) is 17.8 Å². The lowest BCUT2D eigenvalue weighted by molar-refractivity contribution is -0.152. The van der Waals surface area contributed by atoms with Gasteiger partial charge in [-0.3, -0.25) is 4.79 Å². The van der Waals surface area contributed by atoms with Crippen molar-refractivity contribution in [3.05, 3.63) is 22.8 Å². The Morgan fingerprint density at radius 2 is 2.08 bits per heavy atom. The number of epoxide rings is 1. The Morgan fingerprint density at radius 3 is 2.68 bits per heavy atom. The fourth-order valence-corrected chi connectivity index (χ4v) is 4.97. The summed E-state index contributed by atoms with van der Waals surface area (Å²) in [6, 6.07) is 0. The molecule has 0 radical (unpaired) electrons. The van der Waals surface area contributed by atoms with E-state index in [0.29, 0.717) is 23.9 Å². The summed E-state index contributed by atoms with van der Waals surface area (Å²) in [5.74, 6) is 1.11. The Bertz CT molecular complexity index is 598. The van der Waals surface area contributed by atoms with Crippen LogP contribution in [0.1, 0.15) is 73.6 Å². The van der Waals surface area contributed by atoms with Gasteiger partial charge < -0.3 is 9.47 Å². The molecule has 2 aliphatic carbocycles. The van der Waals surface area contributed by atoms with E-state index in [9.17, 15) is 4.79 Å². The molecule has 0 bridgehead atoms. The van der Waals surface area contributed by atoms with Gasteiger partial charge in [0, 0.05) is 12.8 Å². The molecule has 3 heteroatoms. The largest absolute Gasteiger partial charge is 0.461 e. The van der Waals surface area contributed by atoms with E-state index in [4.69, 9.17) is 9.47 Å². The quantitative estimate of drug-likeness (QED) is 0.390. The Hall–Kier alpha value is -1.09. The van der Waals surface area contributed by atoms with E-state index >= 15 is 0 Å². The zero-order valence-corrected chi connectivity index (χ0v) is 16.7. The molecule has 140 valence electrons. The van der Waals surface area contributed by atoms with Crippen LogP contribution in [0.5, 0.6) is 0 Å². The third kappa shape index (κ3) is 3.86. The van der Waals surface area contributed by atoms with E-state index in [0.717, 1.165) is 32.1 Å². The molecule has 1 saturated heterocycles. The fourth-order valence-electron chi connectivity index (χ4n) is 4.97. The number of hydrogen-bond donors (Lipinski definition) is 0. The Kier molecular flexibility index (Phi) is 5.16. The molecule has 0 amide bonds. The lowest BCUT2D eigenvalue weighted by Crippen LogP contribution is -2.36. The number of ether oxygens (including phenoxy) is 2. The van der Waals surface area contributed by atoms with Gasteiger partial charge in [0.25, 0.3) is 0 Å². The fraction of sp³-hybridized carbons (Fsp3) is 0.773. The molecule has 3 nitrogen and oxygen atoms in total. The van der Waals surface area contributed by atoms with Crippen LogP contribution in [0.15, 0.2) is 22.8 Å². The zero-order chi connectivity index (χ0) is 18.4. The Morgan fingerprint density at radius 1 is 1.40 bits per heavy atom. The molecule has 3 aliphatic rings. The molecule has 3 rings (SSSR count). The highest BCUT2D eigenvalue weighted by Gasteiger charge is 2.48. The maximum absolute atomic E-state index is 11.9. The smallest absolute Gasteiger partial charge is 0.302 e. The van der Waals surface area contributed by atoms with Gasteiger partial charge in [-0.05, 0) is 71.6 Å². The first-order chi connectivity index (χ1) is 11.7. The first kappa shape index (κ1) is 18.7. The van der Waals surface area contributed by atoms with Gasteiger partial charge in [-0.15, -0.1) is 0 Å². The van der Waals surface area contributed by atoms with Crippen LogP contribution < -0.4 is 0 Å². The van der Waals surface area contributed by atoms with Crippen molar-refractivity contribution in [2.45, 2.75) is 91.5 Å². The molecule has 5 atom stereocenters. The summed E-state index contributed by atoms with van der Waals surface area (Å²) in [7, 11) is 0. The van der Waals surface area contributed by atoms with Crippen LogP contribution in [0.25, 0.3) is 0 Å². The molecule has 0 aromatic rings. The van der Waals surface area contributed by atoms with E-state index in [2.05, 4.69) is 40.7 Å². The van der Waals surface area contributed by atoms with E-state index in [1.807, 2.05) is 0 Å². The van der Waals surface area contributed by atoms with Gasteiger partial charge in [-0.2, -0.15) is 0 Å². The minimum atomic E-state index is -0.146. The van der Waals surface area contributed by atoms with Gasteiger partial charge in [0.2, 0.25) is 0 Å². The molecule has 1 fully saturated rings. The molecule has 25 heavy (non-hydrogen) atoms. The minimum Gasteiger partial charge on any atom is -0.461 e. The molecule has 0 aromatic carbocycles. The molecule has 1 aliphatic heterocycles. The van der Waals surface area contributed by atoms with Crippen molar-refractivity contribution >= 4 is 5.97 Å². The highest BCUT2D eigenvalue weighted by Crippen LogP contribution is 2.47. The third-order valence-corrected chi connectivity index (χ3v) is 6.74. The maximum Gasteiger partial charge on any atom is 0.302 e. The highest BCUT2D eigenvalue weighted by molar-refractivity contribution is 5.66. The number of esters is 1. The van der Waals surface area contributed by atoms with Crippen LogP contribution in [0.3, 0.4) is 0 Å². The maximum atomic E-state index is 11.9. The van der Waals surface area contributed by atoms with Crippen molar-refractivity contribution in [1.29, 1.82) is 0 Å². The summed E-state index contributed by atoms with van der Waals surface area (Å²) in [6.07, 6.45) is 8.25. The lowest BCUT2D eigenvalue weighted by Gasteiger charge is -2.35. The molecule has 0 saturated carbocycles. The second-order valence-electron chi connectivity index (χ2n) is 8.98. The molecule has 0 spiro atoms. The monoisotopic (exact) mass is 346 g/mol. The first-order valence-electron chi connectivity index (χ1n) is 9.91. The second-order valence-corrected chi connectivity index (χ2v) is 8.98. The highest BCUT2D eigenvalue weighted by atomic mass is 16.6. The van der Waals surface area contributed by atoms with E-state index in [-0.39, 0.29) is 17.7 Å². The van der Waals surface area contributed by atoms with Crippen molar-refractivity contribution < 1.29 is 14.3 Å². The van der Waals surface area contributed by atoms with Gasteiger partial charge in [-0.1, -0.05) is 29.7 Å². The van der Waals surface area contributed by atoms with E-state index in [1.165, 1.54) is 16.7 Å². The van der Waals surface area contributed by atoms with Crippen LogP contribution >= 0.6 is 0 Å². The summed E-state index contributed by atoms with van der Waals surface area (Å²) < 4.78 is 11.7. The van der Waals surface area contributed by atoms with Crippen LogP contribution in [-0.4, -0.2) is 23.8 Å². The van der Waals surface area contributed by atoms with Crippen molar-refractivity contribution in [3.63, 3.8) is 0 Å². The Balaban J connectivity index is 1.76. The molecule has 2 unspecified atom stereocenters. The van der Waals surface area contributed by atoms with Crippen molar-refractivity contribution in [3.8, 4) is 0 Å².